The van der Waals surface area contributed by atoms with Crippen LogP contribution in [0.15, 0.2) is 30.4 Å². The van der Waals surface area contributed by atoms with Crippen LogP contribution < -0.4 is 5.32 Å². The maximum Gasteiger partial charge on any atom is 0.252 e. The smallest absolute Gasteiger partial charge is 0.252 e. The predicted octanol–water partition coefficient (Wildman–Crippen LogP) is 6.41. The lowest BCUT2D eigenvalue weighted by atomic mass is 9.94. The van der Waals surface area contributed by atoms with Gasteiger partial charge in [-0.25, -0.2) is 0 Å². The molecule has 2 atom stereocenters. The molecule has 2 saturated carbocycles. The van der Waals surface area contributed by atoms with Crippen LogP contribution in [0.25, 0.3) is 0 Å². The van der Waals surface area contributed by atoms with Crippen LogP contribution in [0.3, 0.4) is 0 Å². The molecule has 3 rings (SSSR count). The Balaban J connectivity index is 0.00000261. The van der Waals surface area contributed by atoms with Gasteiger partial charge >= 0.3 is 0 Å². The lowest BCUT2D eigenvalue weighted by Gasteiger charge is -2.21. The second kappa shape index (κ2) is 9.39. The van der Waals surface area contributed by atoms with Gasteiger partial charge in [0, 0.05) is 13.0 Å². The number of benzene rings is 1. The van der Waals surface area contributed by atoms with E-state index < -0.39 is 0 Å². The van der Waals surface area contributed by atoms with Gasteiger partial charge in [-0.15, -0.1) is 0 Å². The minimum atomic E-state index is 0. The second-order valence-electron chi connectivity index (χ2n) is 8.11. The number of nitrogens with one attached hydrogen (secondary N) is 1. The highest BCUT2D eigenvalue weighted by Gasteiger charge is 2.32. The van der Waals surface area contributed by atoms with Crippen LogP contribution in [-0.4, -0.2) is 11.9 Å². The average Bonchev–Trinajstić information content (AvgIpc) is 3.42. The summed E-state index contributed by atoms with van der Waals surface area (Å²) in [5.41, 5.74) is 3.47. The number of rotatable bonds is 9. The first-order valence-electron chi connectivity index (χ1n) is 10.8. The van der Waals surface area contributed by atoms with Crippen LogP contribution in [0.5, 0.6) is 0 Å². The fourth-order valence-electron chi connectivity index (χ4n) is 4.35. The summed E-state index contributed by atoms with van der Waals surface area (Å²) in [6.07, 6.45) is 16.7. The number of carbonyl (C=O) groups excluding carboxylic acids is 1. The molecule has 2 heteroatoms. The Bertz CT molecular complexity index is 635. The van der Waals surface area contributed by atoms with Crippen molar-refractivity contribution >= 4 is 5.91 Å². The van der Waals surface area contributed by atoms with Crippen LogP contribution in [0.2, 0.25) is 0 Å². The summed E-state index contributed by atoms with van der Waals surface area (Å²) in [5, 5.41) is 3.40. The molecule has 0 radical (unpaired) electrons. The van der Waals surface area contributed by atoms with E-state index in [9.17, 15) is 4.79 Å². The quantitative estimate of drug-likeness (QED) is 0.402. The summed E-state index contributed by atoms with van der Waals surface area (Å²) in [4.78, 5) is 13.2. The molecule has 26 heavy (non-hydrogen) atoms. The number of hydrogen-bond donors (Lipinski definition) is 1. The van der Waals surface area contributed by atoms with E-state index in [0.717, 1.165) is 18.4 Å². The fraction of sp³-hybridized carbons (Fsp3) is 0.625. The van der Waals surface area contributed by atoms with Crippen molar-refractivity contribution in [2.24, 2.45) is 5.92 Å². The first-order chi connectivity index (χ1) is 12.7. The SMILES string of the molecule is CCCCC/C=C\[C@@H]1CCC[C@@H]1NC(=O)c1c(CC)cccc1C1CC1.[HH]. The van der Waals surface area contributed by atoms with Gasteiger partial charge in [-0.1, -0.05) is 63.5 Å². The van der Waals surface area contributed by atoms with Crippen molar-refractivity contribution in [3.63, 3.8) is 0 Å². The van der Waals surface area contributed by atoms with Crippen molar-refractivity contribution < 1.29 is 6.22 Å². The number of amides is 1. The van der Waals surface area contributed by atoms with Gasteiger partial charge < -0.3 is 5.32 Å². The summed E-state index contributed by atoms with van der Waals surface area (Å²) in [5.74, 6) is 1.29. The highest BCUT2D eigenvalue weighted by Crippen LogP contribution is 2.42. The molecule has 0 saturated heterocycles. The average molecular weight is 356 g/mol. The molecule has 0 heterocycles. The number of carbonyl (C=O) groups is 1. The minimum absolute atomic E-state index is 0. The molecule has 1 amide bonds. The van der Waals surface area contributed by atoms with Crippen LogP contribution in [-0.2, 0) is 6.42 Å². The van der Waals surface area contributed by atoms with E-state index in [1.54, 1.807) is 0 Å². The number of allylic oxidation sites excluding steroid dienone is 1. The van der Waals surface area contributed by atoms with Gasteiger partial charge in [-0.2, -0.15) is 0 Å². The summed E-state index contributed by atoms with van der Waals surface area (Å²) in [7, 11) is 0. The Morgan fingerprint density at radius 1 is 1.19 bits per heavy atom. The van der Waals surface area contributed by atoms with Gasteiger partial charge in [0.1, 0.15) is 0 Å². The Morgan fingerprint density at radius 2 is 2.04 bits per heavy atom. The predicted molar refractivity (Wildman–Crippen MR) is 112 cm³/mol. The third-order valence-corrected chi connectivity index (χ3v) is 6.05. The Labute approximate surface area is 160 Å². The van der Waals surface area contributed by atoms with Gasteiger partial charge in [0.05, 0.1) is 0 Å². The molecule has 0 unspecified atom stereocenters. The summed E-state index contributed by atoms with van der Waals surface area (Å²) < 4.78 is 0. The van der Waals surface area contributed by atoms with Gasteiger partial charge in [-0.3, -0.25) is 4.79 Å². The van der Waals surface area contributed by atoms with Crippen LogP contribution in [0.4, 0.5) is 0 Å². The number of aryl methyl sites for hydroxylation is 1. The van der Waals surface area contributed by atoms with Gasteiger partial charge in [0.15, 0.2) is 0 Å². The highest BCUT2D eigenvalue weighted by atomic mass is 16.1. The fourth-order valence-corrected chi connectivity index (χ4v) is 4.35. The van der Waals surface area contributed by atoms with E-state index in [1.807, 2.05) is 0 Å². The molecule has 2 aliphatic rings. The topological polar surface area (TPSA) is 29.1 Å². The zero-order valence-electron chi connectivity index (χ0n) is 16.6. The van der Waals surface area contributed by atoms with E-state index in [0.29, 0.717) is 17.9 Å². The third kappa shape index (κ3) is 4.78. The van der Waals surface area contributed by atoms with Crippen molar-refractivity contribution in [1.29, 1.82) is 0 Å². The molecule has 2 aliphatic carbocycles. The molecule has 0 aromatic heterocycles. The molecule has 1 aromatic carbocycles. The van der Waals surface area contributed by atoms with Crippen molar-refractivity contribution in [1.82, 2.24) is 5.32 Å². The van der Waals surface area contributed by atoms with Crippen LogP contribution in [0.1, 0.15) is 100 Å². The van der Waals surface area contributed by atoms with Crippen LogP contribution >= 0.6 is 0 Å². The second-order valence-corrected chi connectivity index (χ2v) is 8.11. The maximum atomic E-state index is 13.2. The molecule has 0 aliphatic heterocycles. The molecule has 0 spiro atoms. The molecule has 144 valence electrons. The first-order valence-corrected chi connectivity index (χ1v) is 10.8. The van der Waals surface area contributed by atoms with E-state index in [4.69, 9.17) is 0 Å². The number of hydrogen-bond acceptors (Lipinski definition) is 1. The summed E-state index contributed by atoms with van der Waals surface area (Å²) >= 11 is 0. The van der Waals surface area contributed by atoms with Crippen molar-refractivity contribution in [2.45, 2.75) is 90.0 Å². The van der Waals surface area contributed by atoms with Gasteiger partial charge in [0.25, 0.3) is 5.91 Å². The summed E-state index contributed by atoms with van der Waals surface area (Å²) in [6.45, 7) is 4.40. The molecular weight excluding hydrogens is 318 g/mol. The Kier molecular flexibility index (Phi) is 6.93. The molecule has 2 nitrogen and oxygen atoms in total. The maximum absolute atomic E-state index is 13.2. The van der Waals surface area contributed by atoms with E-state index in [2.05, 4.69) is 49.5 Å². The van der Waals surface area contributed by atoms with E-state index >= 15 is 0 Å². The largest absolute Gasteiger partial charge is 0.349 e. The standard InChI is InChI=1S/C24H35NO.H2/c1-3-5-6-7-8-11-20-13-10-15-22(20)25-24(26)23-18(4-2)12-9-14-21(23)19-16-17-19;/h8-9,11-12,14,19-20,22H,3-7,10,13,15-17H2,1-2H3,(H,25,26);1H/b11-8-;/t20-,22+;/m1./s1. The van der Waals surface area contributed by atoms with E-state index in [-0.39, 0.29) is 7.33 Å². The molecular formula is C24H37NO. The normalized spacial score (nSPS) is 22.8. The van der Waals surface area contributed by atoms with Crippen molar-refractivity contribution in [3.05, 3.63) is 47.0 Å². The molecule has 1 aromatic rings. The summed E-state index contributed by atoms with van der Waals surface area (Å²) in [6, 6.07) is 6.73. The third-order valence-electron chi connectivity index (χ3n) is 6.05. The van der Waals surface area contributed by atoms with Gasteiger partial charge in [-0.05, 0) is 67.9 Å². The molecule has 0 bridgehead atoms. The monoisotopic (exact) mass is 355 g/mol. The van der Waals surface area contributed by atoms with Gasteiger partial charge in [0.2, 0.25) is 0 Å². The zero-order chi connectivity index (χ0) is 18.4. The number of unbranched alkanes of at least 4 members (excludes halogenated alkanes) is 3. The minimum Gasteiger partial charge on any atom is -0.349 e. The van der Waals surface area contributed by atoms with E-state index in [1.165, 1.54) is 62.5 Å². The molecule has 1 N–H and O–H groups in total. The Hall–Kier alpha value is -1.57. The highest BCUT2D eigenvalue weighted by molar-refractivity contribution is 5.97. The Morgan fingerprint density at radius 3 is 2.77 bits per heavy atom. The lowest BCUT2D eigenvalue weighted by Crippen LogP contribution is -2.37. The zero-order valence-corrected chi connectivity index (χ0v) is 16.6. The lowest BCUT2D eigenvalue weighted by molar-refractivity contribution is 0.0930. The van der Waals surface area contributed by atoms with Crippen molar-refractivity contribution in [3.8, 4) is 0 Å². The molecule has 2 fully saturated rings. The first kappa shape index (κ1) is 19.2. The van der Waals surface area contributed by atoms with Crippen molar-refractivity contribution in [2.75, 3.05) is 0 Å². The van der Waals surface area contributed by atoms with Crippen LogP contribution in [0, 0.1) is 5.92 Å².